The standard InChI is InChI=1S/C18H24N2O6/c1-3-4-6-11-14-15(16(21)24-2)26-18(23)20(14)19-17(22)25-12-13-9-7-5-8-10-13/h5,7-10,14-15H,3-4,6,11-12H2,1-2H3,(H,19,22)/t14-,15+/m0/s1. The van der Waals surface area contributed by atoms with E-state index in [9.17, 15) is 14.4 Å². The number of amides is 2. The van der Waals surface area contributed by atoms with Gasteiger partial charge in [-0.3, -0.25) is 0 Å². The predicted molar refractivity (Wildman–Crippen MR) is 91.8 cm³/mol. The predicted octanol–water partition coefficient (Wildman–Crippen LogP) is 2.77. The van der Waals surface area contributed by atoms with Gasteiger partial charge in [0, 0.05) is 0 Å². The van der Waals surface area contributed by atoms with Crippen LogP contribution < -0.4 is 5.43 Å². The molecule has 1 fully saturated rings. The number of rotatable bonds is 8. The Balaban J connectivity index is 1.97. The van der Waals surface area contributed by atoms with Gasteiger partial charge in [-0.05, 0) is 12.0 Å². The molecule has 0 bridgehead atoms. The first-order valence-corrected chi connectivity index (χ1v) is 8.61. The van der Waals surface area contributed by atoms with Crippen LogP contribution in [-0.2, 0) is 25.6 Å². The van der Waals surface area contributed by atoms with E-state index in [0.29, 0.717) is 6.42 Å². The van der Waals surface area contributed by atoms with E-state index in [1.54, 1.807) is 0 Å². The number of carbonyl (C=O) groups excluding carboxylic acids is 3. The Hall–Kier alpha value is -2.77. The van der Waals surface area contributed by atoms with Crippen molar-refractivity contribution in [3.05, 3.63) is 35.9 Å². The van der Waals surface area contributed by atoms with Crippen LogP contribution in [0.25, 0.3) is 0 Å². The van der Waals surface area contributed by atoms with Gasteiger partial charge in [-0.2, -0.15) is 0 Å². The molecule has 2 amide bonds. The zero-order chi connectivity index (χ0) is 18.9. The molecule has 0 aliphatic carbocycles. The number of methoxy groups -OCH3 is 1. The number of esters is 1. The Morgan fingerprint density at radius 1 is 1.23 bits per heavy atom. The minimum absolute atomic E-state index is 0.0660. The molecule has 8 nitrogen and oxygen atoms in total. The molecule has 0 aromatic heterocycles. The fraction of sp³-hybridized carbons (Fsp3) is 0.500. The van der Waals surface area contributed by atoms with Crippen molar-refractivity contribution in [1.29, 1.82) is 0 Å². The van der Waals surface area contributed by atoms with Crippen LogP contribution in [0.3, 0.4) is 0 Å². The van der Waals surface area contributed by atoms with Crippen LogP contribution in [0.4, 0.5) is 9.59 Å². The number of hydrazine groups is 1. The maximum absolute atomic E-state index is 12.1. The number of hydrogen-bond donors (Lipinski definition) is 1. The molecule has 1 aliphatic heterocycles. The van der Waals surface area contributed by atoms with E-state index in [1.807, 2.05) is 37.3 Å². The highest BCUT2D eigenvalue weighted by Crippen LogP contribution is 2.24. The van der Waals surface area contributed by atoms with Gasteiger partial charge in [0.1, 0.15) is 12.6 Å². The Labute approximate surface area is 152 Å². The van der Waals surface area contributed by atoms with Crippen molar-refractivity contribution < 1.29 is 28.6 Å². The van der Waals surface area contributed by atoms with Gasteiger partial charge in [0.15, 0.2) is 0 Å². The minimum Gasteiger partial charge on any atom is -0.466 e. The summed E-state index contributed by atoms with van der Waals surface area (Å²) in [6.07, 6.45) is 0.525. The van der Waals surface area contributed by atoms with Crippen LogP contribution in [0.1, 0.15) is 38.2 Å². The Morgan fingerprint density at radius 3 is 2.62 bits per heavy atom. The van der Waals surface area contributed by atoms with Crippen molar-refractivity contribution in [3.63, 3.8) is 0 Å². The highest BCUT2D eigenvalue weighted by molar-refractivity contribution is 5.84. The van der Waals surface area contributed by atoms with E-state index in [0.717, 1.165) is 29.8 Å². The molecule has 1 heterocycles. The van der Waals surface area contributed by atoms with Crippen molar-refractivity contribution in [2.24, 2.45) is 0 Å². The van der Waals surface area contributed by atoms with Crippen molar-refractivity contribution in [3.8, 4) is 0 Å². The Morgan fingerprint density at radius 2 is 1.96 bits per heavy atom. The molecular weight excluding hydrogens is 340 g/mol. The van der Waals surface area contributed by atoms with Gasteiger partial charge in [0.05, 0.1) is 7.11 Å². The molecule has 8 heteroatoms. The average molecular weight is 364 g/mol. The first-order chi connectivity index (χ1) is 12.6. The summed E-state index contributed by atoms with van der Waals surface area (Å²) in [6.45, 7) is 2.11. The molecular formula is C18H24N2O6. The maximum atomic E-state index is 12.1. The summed E-state index contributed by atoms with van der Waals surface area (Å²) in [5.41, 5.74) is 3.19. The third-order valence-electron chi connectivity index (χ3n) is 4.07. The molecule has 0 radical (unpaired) electrons. The summed E-state index contributed by atoms with van der Waals surface area (Å²) in [5.74, 6) is -0.651. The lowest BCUT2D eigenvalue weighted by Gasteiger charge is -2.23. The molecule has 2 atom stereocenters. The molecule has 1 saturated heterocycles. The third-order valence-corrected chi connectivity index (χ3v) is 4.07. The zero-order valence-electron chi connectivity index (χ0n) is 15.0. The lowest BCUT2D eigenvalue weighted by Crippen LogP contribution is -2.50. The van der Waals surface area contributed by atoms with E-state index in [4.69, 9.17) is 14.2 Å². The molecule has 1 aromatic rings. The summed E-state index contributed by atoms with van der Waals surface area (Å²) < 4.78 is 14.9. The highest BCUT2D eigenvalue weighted by Gasteiger charge is 2.47. The number of nitrogens with one attached hydrogen (secondary N) is 1. The van der Waals surface area contributed by atoms with Crippen LogP contribution in [0, 0.1) is 0 Å². The molecule has 0 unspecified atom stereocenters. The smallest absolute Gasteiger partial charge is 0.430 e. The summed E-state index contributed by atoms with van der Waals surface area (Å²) in [7, 11) is 1.23. The molecule has 0 saturated carbocycles. The molecule has 142 valence electrons. The molecule has 0 spiro atoms. The average Bonchev–Trinajstić information content (AvgIpc) is 2.96. The van der Waals surface area contributed by atoms with Crippen molar-refractivity contribution >= 4 is 18.2 Å². The van der Waals surface area contributed by atoms with Crippen LogP contribution in [-0.4, -0.2) is 42.4 Å². The summed E-state index contributed by atoms with van der Waals surface area (Å²) in [5, 5.41) is 1.02. The third kappa shape index (κ3) is 5.11. The number of hydrogen-bond acceptors (Lipinski definition) is 6. The number of carbonyl (C=O) groups is 3. The highest BCUT2D eigenvalue weighted by atomic mass is 16.6. The number of unbranched alkanes of at least 4 members (excludes halogenated alkanes) is 2. The Bertz CT molecular complexity index is 621. The van der Waals surface area contributed by atoms with E-state index in [1.165, 1.54) is 7.11 Å². The van der Waals surface area contributed by atoms with Crippen LogP contribution in [0.15, 0.2) is 30.3 Å². The maximum Gasteiger partial charge on any atom is 0.430 e. The second kappa shape index (κ2) is 9.65. The van der Waals surface area contributed by atoms with Gasteiger partial charge >= 0.3 is 18.2 Å². The largest absolute Gasteiger partial charge is 0.466 e. The van der Waals surface area contributed by atoms with Crippen LogP contribution in [0.5, 0.6) is 0 Å². The van der Waals surface area contributed by atoms with Crippen molar-refractivity contribution in [2.45, 2.75) is 51.4 Å². The molecule has 1 N–H and O–H groups in total. The van der Waals surface area contributed by atoms with Gasteiger partial charge < -0.3 is 14.2 Å². The van der Waals surface area contributed by atoms with Crippen LogP contribution in [0.2, 0.25) is 0 Å². The van der Waals surface area contributed by atoms with Crippen molar-refractivity contribution in [2.75, 3.05) is 7.11 Å². The van der Waals surface area contributed by atoms with Crippen molar-refractivity contribution in [1.82, 2.24) is 10.4 Å². The normalized spacial score (nSPS) is 19.0. The fourth-order valence-corrected chi connectivity index (χ4v) is 2.70. The van der Waals surface area contributed by atoms with Crippen LogP contribution >= 0.6 is 0 Å². The van der Waals surface area contributed by atoms with Gasteiger partial charge in [-0.25, -0.2) is 24.8 Å². The number of cyclic esters (lactones) is 1. The van der Waals surface area contributed by atoms with E-state index < -0.39 is 30.3 Å². The molecule has 1 aliphatic rings. The summed E-state index contributed by atoms with van der Waals surface area (Å²) in [4.78, 5) is 36.0. The lowest BCUT2D eigenvalue weighted by atomic mass is 10.0. The second-order valence-corrected chi connectivity index (χ2v) is 5.93. The van der Waals surface area contributed by atoms with Gasteiger partial charge in [-0.15, -0.1) is 0 Å². The number of ether oxygens (including phenoxy) is 3. The van der Waals surface area contributed by atoms with E-state index >= 15 is 0 Å². The van der Waals surface area contributed by atoms with Gasteiger partial charge in [-0.1, -0.05) is 56.5 Å². The second-order valence-electron chi connectivity index (χ2n) is 5.93. The monoisotopic (exact) mass is 364 g/mol. The first kappa shape index (κ1) is 19.6. The number of nitrogens with zero attached hydrogens (tertiary/aromatic N) is 1. The van der Waals surface area contributed by atoms with Gasteiger partial charge in [0.2, 0.25) is 6.10 Å². The molecule has 2 rings (SSSR count). The molecule has 1 aromatic carbocycles. The minimum atomic E-state index is -1.07. The van der Waals surface area contributed by atoms with E-state index in [-0.39, 0.29) is 6.61 Å². The lowest BCUT2D eigenvalue weighted by molar-refractivity contribution is -0.150. The number of benzene rings is 1. The van der Waals surface area contributed by atoms with E-state index in [2.05, 4.69) is 5.43 Å². The Kier molecular flexibility index (Phi) is 7.25. The molecule has 26 heavy (non-hydrogen) atoms. The fourth-order valence-electron chi connectivity index (χ4n) is 2.70. The topological polar surface area (TPSA) is 94.2 Å². The SMILES string of the molecule is CCCCC[C@H]1[C@H](C(=O)OC)OC(=O)N1NC(=O)OCc1ccccc1. The first-order valence-electron chi connectivity index (χ1n) is 8.61. The quantitative estimate of drug-likeness (QED) is 0.433. The van der Waals surface area contributed by atoms with Gasteiger partial charge in [0.25, 0.3) is 0 Å². The summed E-state index contributed by atoms with van der Waals surface area (Å²) in [6, 6.07) is 8.53. The zero-order valence-corrected chi connectivity index (χ0v) is 15.0. The summed E-state index contributed by atoms with van der Waals surface area (Å²) >= 11 is 0.